The van der Waals surface area contributed by atoms with E-state index in [0.29, 0.717) is 18.8 Å². The molecule has 136 valence electrons. The van der Waals surface area contributed by atoms with Crippen LogP contribution in [-0.4, -0.2) is 58.9 Å². The van der Waals surface area contributed by atoms with Crippen LogP contribution in [0.3, 0.4) is 0 Å². The molecule has 0 aliphatic carbocycles. The van der Waals surface area contributed by atoms with Gasteiger partial charge in [-0.25, -0.2) is 4.98 Å². The maximum absolute atomic E-state index is 12.7. The van der Waals surface area contributed by atoms with E-state index in [0.717, 1.165) is 39.9 Å². The minimum Gasteiger partial charge on any atom is -0.497 e. The van der Waals surface area contributed by atoms with Crippen LogP contribution in [0, 0.1) is 6.92 Å². The van der Waals surface area contributed by atoms with Gasteiger partial charge in [0.1, 0.15) is 11.4 Å². The quantitative estimate of drug-likeness (QED) is 0.707. The zero-order valence-corrected chi connectivity index (χ0v) is 15.9. The molecule has 0 N–H and O–H groups in total. The van der Waals surface area contributed by atoms with Gasteiger partial charge in [0.25, 0.3) is 5.91 Å². The SMILES string of the molecule is COc1ccc2nc(N3CCN(C(=O)c4cc(C)nn4C)CC3)sc2c1. The van der Waals surface area contributed by atoms with Gasteiger partial charge in [-0.05, 0) is 31.2 Å². The van der Waals surface area contributed by atoms with Crippen molar-refractivity contribution in [1.29, 1.82) is 0 Å². The van der Waals surface area contributed by atoms with E-state index in [4.69, 9.17) is 9.72 Å². The standard InChI is InChI=1S/C18H21N5O2S/c1-12-10-15(21(2)20-12)17(24)22-6-8-23(9-7-22)18-19-14-5-4-13(25-3)11-16(14)26-18/h4-5,10-11H,6-9H2,1-3H3. The first-order chi connectivity index (χ1) is 12.5. The van der Waals surface area contributed by atoms with Crippen LogP contribution in [-0.2, 0) is 7.05 Å². The van der Waals surface area contributed by atoms with E-state index in [1.807, 2.05) is 43.1 Å². The maximum Gasteiger partial charge on any atom is 0.272 e. The maximum atomic E-state index is 12.7. The van der Waals surface area contributed by atoms with Crippen molar-refractivity contribution >= 4 is 32.6 Å². The Morgan fingerprint density at radius 3 is 2.62 bits per heavy atom. The lowest BCUT2D eigenvalue weighted by molar-refractivity contribution is 0.0735. The Balaban J connectivity index is 1.46. The van der Waals surface area contributed by atoms with Crippen LogP contribution in [0.1, 0.15) is 16.2 Å². The molecule has 8 heteroatoms. The first-order valence-electron chi connectivity index (χ1n) is 8.54. The summed E-state index contributed by atoms with van der Waals surface area (Å²) < 4.78 is 8.06. The lowest BCUT2D eigenvalue weighted by Gasteiger charge is -2.34. The number of rotatable bonds is 3. The van der Waals surface area contributed by atoms with Crippen LogP contribution in [0.5, 0.6) is 5.75 Å². The summed E-state index contributed by atoms with van der Waals surface area (Å²) >= 11 is 1.66. The summed E-state index contributed by atoms with van der Waals surface area (Å²) in [6.45, 7) is 4.82. The van der Waals surface area contributed by atoms with Gasteiger partial charge < -0.3 is 14.5 Å². The Kier molecular flexibility index (Phi) is 4.28. The third kappa shape index (κ3) is 3.01. The fourth-order valence-electron chi connectivity index (χ4n) is 3.23. The predicted molar refractivity (Wildman–Crippen MR) is 102 cm³/mol. The molecule has 4 rings (SSSR count). The molecular formula is C18H21N5O2S. The van der Waals surface area contributed by atoms with Gasteiger partial charge in [-0.15, -0.1) is 0 Å². The zero-order chi connectivity index (χ0) is 18.3. The van der Waals surface area contributed by atoms with E-state index in [9.17, 15) is 4.79 Å². The number of hydrogen-bond acceptors (Lipinski definition) is 6. The molecule has 1 aromatic carbocycles. The molecular weight excluding hydrogens is 350 g/mol. The van der Waals surface area contributed by atoms with Crippen LogP contribution in [0.25, 0.3) is 10.2 Å². The number of benzene rings is 1. The molecule has 1 amide bonds. The fourth-order valence-corrected chi connectivity index (χ4v) is 4.27. The van der Waals surface area contributed by atoms with E-state index < -0.39 is 0 Å². The Morgan fingerprint density at radius 2 is 1.96 bits per heavy atom. The highest BCUT2D eigenvalue weighted by atomic mass is 32.1. The second-order valence-electron chi connectivity index (χ2n) is 6.40. The number of anilines is 1. The van der Waals surface area contributed by atoms with Crippen LogP contribution in [0.4, 0.5) is 5.13 Å². The molecule has 0 saturated carbocycles. The molecule has 26 heavy (non-hydrogen) atoms. The van der Waals surface area contributed by atoms with Crippen LogP contribution < -0.4 is 9.64 Å². The highest BCUT2D eigenvalue weighted by Gasteiger charge is 2.25. The molecule has 2 aromatic heterocycles. The summed E-state index contributed by atoms with van der Waals surface area (Å²) in [7, 11) is 3.48. The number of piperazine rings is 1. The Hall–Kier alpha value is -2.61. The van der Waals surface area contributed by atoms with Gasteiger partial charge in [0.05, 0.1) is 23.0 Å². The van der Waals surface area contributed by atoms with Gasteiger partial charge in [0.15, 0.2) is 5.13 Å². The normalized spacial score (nSPS) is 14.9. The largest absolute Gasteiger partial charge is 0.497 e. The molecule has 7 nitrogen and oxygen atoms in total. The van der Waals surface area contributed by atoms with Gasteiger partial charge in [-0.2, -0.15) is 5.10 Å². The number of amides is 1. The number of ether oxygens (including phenoxy) is 1. The third-order valence-corrected chi connectivity index (χ3v) is 5.72. The summed E-state index contributed by atoms with van der Waals surface area (Å²) in [6.07, 6.45) is 0. The molecule has 0 spiro atoms. The van der Waals surface area contributed by atoms with Crippen molar-refractivity contribution in [3.63, 3.8) is 0 Å². The summed E-state index contributed by atoms with van der Waals surface area (Å²) in [5.74, 6) is 0.886. The lowest BCUT2D eigenvalue weighted by atomic mass is 10.2. The third-order valence-electron chi connectivity index (χ3n) is 4.64. The fraction of sp³-hybridized carbons (Fsp3) is 0.389. The number of hydrogen-bond donors (Lipinski definition) is 0. The Bertz CT molecular complexity index is 956. The molecule has 0 atom stereocenters. The monoisotopic (exact) mass is 371 g/mol. The summed E-state index contributed by atoms with van der Waals surface area (Å²) in [5, 5.41) is 5.27. The molecule has 1 saturated heterocycles. The number of aromatic nitrogens is 3. The second-order valence-corrected chi connectivity index (χ2v) is 7.41. The zero-order valence-electron chi connectivity index (χ0n) is 15.1. The molecule has 1 fully saturated rings. The first kappa shape index (κ1) is 16.8. The van der Waals surface area contributed by atoms with Crippen LogP contribution in [0.15, 0.2) is 24.3 Å². The van der Waals surface area contributed by atoms with Gasteiger partial charge in [0, 0.05) is 33.2 Å². The van der Waals surface area contributed by atoms with E-state index in [1.165, 1.54) is 0 Å². The highest BCUT2D eigenvalue weighted by molar-refractivity contribution is 7.22. The molecule has 0 unspecified atom stereocenters. The second kappa shape index (κ2) is 6.60. The highest BCUT2D eigenvalue weighted by Crippen LogP contribution is 2.31. The average Bonchev–Trinajstić information content (AvgIpc) is 3.23. The van der Waals surface area contributed by atoms with E-state index in [-0.39, 0.29) is 5.91 Å². The number of carbonyl (C=O) groups is 1. The van der Waals surface area contributed by atoms with Crippen LogP contribution in [0.2, 0.25) is 0 Å². The minimum absolute atomic E-state index is 0.0433. The van der Waals surface area contributed by atoms with Crippen LogP contribution >= 0.6 is 11.3 Å². The molecule has 3 aromatic rings. The summed E-state index contributed by atoms with van der Waals surface area (Å²) in [6, 6.07) is 7.77. The Labute approximate surface area is 155 Å². The van der Waals surface area contributed by atoms with Crippen molar-refractivity contribution in [3.8, 4) is 5.75 Å². The van der Waals surface area contributed by atoms with Gasteiger partial charge in [-0.1, -0.05) is 11.3 Å². The number of aryl methyl sites for hydroxylation is 2. The van der Waals surface area contributed by atoms with Crippen molar-refractivity contribution in [1.82, 2.24) is 19.7 Å². The first-order valence-corrected chi connectivity index (χ1v) is 9.36. The molecule has 3 heterocycles. The van der Waals surface area contributed by atoms with Crippen molar-refractivity contribution in [2.24, 2.45) is 7.05 Å². The van der Waals surface area contributed by atoms with Crippen molar-refractivity contribution in [3.05, 3.63) is 35.7 Å². The molecule has 1 aliphatic heterocycles. The van der Waals surface area contributed by atoms with Crippen molar-refractivity contribution < 1.29 is 9.53 Å². The molecule has 0 radical (unpaired) electrons. The number of fused-ring (bicyclic) bond motifs is 1. The topological polar surface area (TPSA) is 63.5 Å². The van der Waals surface area contributed by atoms with Crippen molar-refractivity contribution in [2.75, 3.05) is 38.2 Å². The average molecular weight is 371 g/mol. The van der Waals surface area contributed by atoms with E-state index >= 15 is 0 Å². The number of carbonyl (C=O) groups excluding carboxylic acids is 1. The van der Waals surface area contributed by atoms with E-state index in [1.54, 1.807) is 23.1 Å². The molecule has 0 bridgehead atoms. The smallest absolute Gasteiger partial charge is 0.272 e. The number of nitrogens with zero attached hydrogens (tertiary/aromatic N) is 5. The van der Waals surface area contributed by atoms with Gasteiger partial charge in [-0.3, -0.25) is 9.48 Å². The number of thiazole rings is 1. The summed E-state index contributed by atoms with van der Waals surface area (Å²) in [5.41, 5.74) is 2.48. The van der Waals surface area contributed by atoms with E-state index in [2.05, 4.69) is 10.00 Å². The van der Waals surface area contributed by atoms with Gasteiger partial charge >= 0.3 is 0 Å². The summed E-state index contributed by atoms with van der Waals surface area (Å²) in [4.78, 5) is 21.6. The lowest BCUT2D eigenvalue weighted by Crippen LogP contribution is -2.49. The minimum atomic E-state index is 0.0433. The van der Waals surface area contributed by atoms with Gasteiger partial charge in [0.2, 0.25) is 0 Å². The predicted octanol–water partition coefficient (Wildman–Crippen LogP) is 2.31. The Morgan fingerprint density at radius 1 is 1.19 bits per heavy atom. The molecule has 1 aliphatic rings. The number of methoxy groups -OCH3 is 1. The van der Waals surface area contributed by atoms with Crippen molar-refractivity contribution in [2.45, 2.75) is 6.92 Å².